The van der Waals surface area contributed by atoms with Crippen LogP contribution in [0.1, 0.15) is 13.8 Å². The Morgan fingerprint density at radius 1 is 1.36 bits per heavy atom. The van der Waals surface area contributed by atoms with Crippen LogP contribution in [0.15, 0.2) is 23.1 Å². The zero-order valence-electron chi connectivity index (χ0n) is 12.5. The molecule has 1 atom stereocenters. The predicted molar refractivity (Wildman–Crippen MR) is 83.9 cm³/mol. The third-order valence-electron chi connectivity index (χ3n) is 3.10. The van der Waals surface area contributed by atoms with E-state index < -0.39 is 26.4 Å². The number of anilines is 1. The molecule has 1 aromatic carbocycles. The maximum Gasteiger partial charge on any atom is 0.268 e. The van der Waals surface area contributed by atoms with Gasteiger partial charge in [0.2, 0.25) is 10.0 Å². The van der Waals surface area contributed by atoms with Gasteiger partial charge in [-0.25, -0.2) is 13.1 Å². The highest BCUT2D eigenvalue weighted by atomic mass is 32.2. The van der Waals surface area contributed by atoms with E-state index in [1.165, 1.54) is 24.5 Å². The second kappa shape index (κ2) is 5.98. The average Bonchev–Trinajstić information content (AvgIpc) is 2.38. The number of carbonyl (C=O) groups is 1. The number of rotatable bonds is 5. The molecule has 0 saturated carbocycles. The lowest BCUT2D eigenvalue weighted by molar-refractivity contribution is -0.129. The first-order valence-electron chi connectivity index (χ1n) is 6.56. The van der Waals surface area contributed by atoms with Crippen LogP contribution < -0.4 is 14.8 Å². The van der Waals surface area contributed by atoms with Crippen LogP contribution in [0, 0.1) is 0 Å². The number of hydrogen-bond acceptors (Lipinski definition) is 5. The Morgan fingerprint density at radius 3 is 2.68 bits per heavy atom. The fourth-order valence-electron chi connectivity index (χ4n) is 1.86. The van der Waals surface area contributed by atoms with Gasteiger partial charge in [-0.1, -0.05) is 0 Å². The smallest absolute Gasteiger partial charge is 0.268 e. The predicted octanol–water partition coefficient (Wildman–Crippen LogP) is 0.453. The second-order valence-corrected chi connectivity index (χ2v) is 8.72. The van der Waals surface area contributed by atoms with Crippen LogP contribution in [0.3, 0.4) is 0 Å². The Hall–Kier alpha value is -1.45. The summed E-state index contributed by atoms with van der Waals surface area (Å²) in [5.74, 6) is 0.306. The van der Waals surface area contributed by atoms with Crippen molar-refractivity contribution in [2.24, 2.45) is 0 Å². The summed E-state index contributed by atoms with van der Waals surface area (Å²) in [6.45, 7) is 3.34. The van der Waals surface area contributed by atoms with Gasteiger partial charge in [-0.3, -0.25) is 9.00 Å². The molecule has 22 heavy (non-hydrogen) atoms. The molecule has 0 bridgehead atoms. The van der Waals surface area contributed by atoms with Gasteiger partial charge < -0.3 is 10.1 Å². The number of hydrogen-bond donors (Lipinski definition) is 2. The molecular formula is C13H18N2O5S2. The molecule has 0 spiro atoms. The Balaban J connectivity index is 2.23. The lowest BCUT2D eigenvalue weighted by Crippen LogP contribution is -2.45. The van der Waals surface area contributed by atoms with E-state index in [2.05, 4.69) is 10.0 Å². The number of benzene rings is 1. The van der Waals surface area contributed by atoms with Gasteiger partial charge in [-0.15, -0.1) is 0 Å². The Kier molecular flexibility index (Phi) is 4.59. The van der Waals surface area contributed by atoms with Gasteiger partial charge in [0.05, 0.1) is 10.6 Å². The van der Waals surface area contributed by atoms with Gasteiger partial charge in [-0.05, 0) is 32.0 Å². The minimum Gasteiger partial charge on any atom is -0.476 e. The quantitative estimate of drug-likeness (QED) is 0.806. The summed E-state index contributed by atoms with van der Waals surface area (Å²) in [7, 11) is -4.80. The van der Waals surface area contributed by atoms with Crippen LogP contribution in [0.5, 0.6) is 5.75 Å². The molecule has 2 N–H and O–H groups in total. The first-order valence-corrected chi connectivity index (χ1v) is 9.77. The molecule has 1 amide bonds. The summed E-state index contributed by atoms with van der Waals surface area (Å²) < 4.78 is 43.2. The van der Waals surface area contributed by atoms with Crippen molar-refractivity contribution in [3.8, 4) is 5.75 Å². The van der Waals surface area contributed by atoms with E-state index in [0.29, 0.717) is 11.4 Å². The fraction of sp³-hybridized carbons (Fsp3) is 0.462. The van der Waals surface area contributed by atoms with Crippen molar-refractivity contribution in [1.29, 1.82) is 0 Å². The number of amides is 1. The maximum absolute atomic E-state index is 12.1. The van der Waals surface area contributed by atoms with Crippen molar-refractivity contribution >= 4 is 32.4 Å². The summed E-state index contributed by atoms with van der Waals surface area (Å²) in [5.41, 5.74) is -0.692. The number of sulfonamides is 1. The van der Waals surface area contributed by atoms with Crippen LogP contribution in [-0.4, -0.2) is 42.7 Å². The minimum absolute atomic E-state index is 0.0109. The fourth-order valence-corrected chi connectivity index (χ4v) is 3.44. The van der Waals surface area contributed by atoms with E-state index in [0.717, 1.165) is 0 Å². The SMILES string of the molecule is C[S@](=O)CCNS(=O)(=O)c1ccc2c(c1)NC(=O)C(C)(C)O2. The van der Waals surface area contributed by atoms with Gasteiger partial charge in [0.15, 0.2) is 5.60 Å². The van der Waals surface area contributed by atoms with Crippen molar-refractivity contribution in [3.05, 3.63) is 18.2 Å². The van der Waals surface area contributed by atoms with E-state index in [-0.39, 0.29) is 23.1 Å². The zero-order valence-corrected chi connectivity index (χ0v) is 14.1. The van der Waals surface area contributed by atoms with Crippen molar-refractivity contribution in [2.75, 3.05) is 23.9 Å². The van der Waals surface area contributed by atoms with Gasteiger partial charge in [0, 0.05) is 29.4 Å². The van der Waals surface area contributed by atoms with Gasteiger partial charge in [0.25, 0.3) is 5.91 Å². The Bertz CT molecular complexity index is 728. The summed E-state index contributed by atoms with van der Waals surface area (Å²) >= 11 is 0. The third kappa shape index (κ3) is 3.65. The first-order chi connectivity index (χ1) is 10.1. The molecule has 1 aliphatic rings. The molecule has 1 aromatic rings. The van der Waals surface area contributed by atoms with Crippen molar-refractivity contribution in [2.45, 2.75) is 24.3 Å². The molecule has 7 nitrogen and oxygen atoms in total. The summed E-state index contributed by atoms with van der Waals surface area (Å²) in [6.07, 6.45) is 1.50. The molecule has 0 radical (unpaired) electrons. The molecule has 1 aliphatic heterocycles. The summed E-state index contributed by atoms with van der Waals surface area (Å²) in [4.78, 5) is 11.9. The lowest BCUT2D eigenvalue weighted by atomic mass is 10.1. The van der Waals surface area contributed by atoms with Gasteiger partial charge in [0.1, 0.15) is 5.75 Å². The highest BCUT2D eigenvalue weighted by Crippen LogP contribution is 2.35. The molecule has 0 fully saturated rings. The average molecular weight is 346 g/mol. The molecule has 122 valence electrons. The molecular weight excluding hydrogens is 328 g/mol. The number of ether oxygens (including phenoxy) is 1. The first kappa shape index (κ1) is 16.9. The summed E-state index contributed by atoms with van der Waals surface area (Å²) in [6, 6.07) is 4.24. The molecule has 9 heteroatoms. The van der Waals surface area contributed by atoms with Gasteiger partial charge in [-0.2, -0.15) is 0 Å². The zero-order chi connectivity index (χ0) is 16.5. The molecule has 1 heterocycles. The van der Waals surface area contributed by atoms with Crippen LogP contribution in [-0.2, 0) is 25.6 Å². The molecule has 0 aromatic heterocycles. The van der Waals surface area contributed by atoms with Crippen LogP contribution >= 0.6 is 0 Å². The van der Waals surface area contributed by atoms with Crippen LogP contribution in [0.4, 0.5) is 5.69 Å². The molecule has 0 aliphatic carbocycles. The van der Waals surface area contributed by atoms with Crippen molar-refractivity contribution in [1.82, 2.24) is 4.72 Å². The topological polar surface area (TPSA) is 102 Å². The van der Waals surface area contributed by atoms with Gasteiger partial charge >= 0.3 is 0 Å². The van der Waals surface area contributed by atoms with E-state index in [9.17, 15) is 17.4 Å². The van der Waals surface area contributed by atoms with E-state index in [1.807, 2.05) is 0 Å². The number of carbonyl (C=O) groups excluding carboxylic acids is 1. The Morgan fingerprint density at radius 2 is 2.05 bits per heavy atom. The molecule has 2 rings (SSSR count). The maximum atomic E-state index is 12.1. The normalized spacial score (nSPS) is 18.0. The van der Waals surface area contributed by atoms with Crippen molar-refractivity contribution < 1.29 is 22.2 Å². The Labute approximate surface area is 131 Å². The highest BCUT2D eigenvalue weighted by Gasteiger charge is 2.35. The lowest BCUT2D eigenvalue weighted by Gasteiger charge is -2.31. The third-order valence-corrected chi connectivity index (χ3v) is 5.34. The molecule has 0 unspecified atom stereocenters. The summed E-state index contributed by atoms with van der Waals surface area (Å²) in [5, 5.41) is 2.63. The van der Waals surface area contributed by atoms with E-state index >= 15 is 0 Å². The monoisotopic (exact) mass is 346 g/mol. The van der Waals surface area contributed by atoms with Crippen LogP contribution in [0.25, 0.3) is 0 Å². The number of nitrogens with one attached hydrogen (secondary N) is 2. The number of fused-ring (bicyclic) bond motifs is 1. The minimum atomic E-state index is -3.73. The standard InChI is InChI=1S/C13H18N2O5S2/c1-13(2)12(16)15-10-8-9(4-5-11(10)20-13)22(18,19)14-6-7-21(3)17/h4-5,8,14H,6-7H2,1-3H3,(H,15,16)/t21-/m0/s1. The van der Waals surface area contributed by atoms with E-state index in [1.54, 1.807) is 13.8 Å². The second-order valence-electron chi connectivity index (χ2n) is 5.40. The van der Waals surface area contributed by atoms with Crippen LogP contribution in [0.2, 0.25) is 0 Å². The highest BCUT2D eigenvalue weighted by molar-refractivity contribution is 7.89. The van der Waals surface area contributed by atoms with E-state index in [4.69, 9.17) is 4.74 Å². The van der Waals surface area contributed by atoms with Crippen molar-refractivity contribution in [3.63, 3.8) is 0 Å². The largest absolute Gasteiger partial charge is 0.476 e. The molecule has 0 saturated heterocycles.